The second-order valence-electron chi connectivity index (χ2n) is 10.2. The van der Waals surface area contributed by atoms with Gasteiger partial charge in [-0.25, -0.2) is 9.78 Å². The van der Waals surface area contributed by atoms with E-state index in [1.165, 1.54) is 17.0 Å². The molecular weight excluding hydrogens is 513 g/mol. The van der Waals surface area contributed by atoms with Crippen molar-refractivity contribution in [2.45, 2.75) is 51.4 Å². The van der Waals surface area contributed by atoms with Crippen molar-refractivity contribution >= 4 is 23.2 Å². The van der Waals surface area contributed by atoms with E-state index in [-0.39, 0.29) is 43.1 Å². The summed E-state index contributed by atoms with van der Waals surface area (Å²) in [7, 11) is 1.55. The van der Waals surface area contributed by atoms with Crippen LogP contribution >= 0.6 is 0 Å². The molecule has 0 fully saturated rings. The summed E-state index contributed by atoms with van der Waals surface area (Å²) in [5, 5.41) is 12.4. The quantitative estimate of drug-likeness (QED) is 0.529. The largest absolute Gasteiger partial charge is 0.472 e. The Balaban J connectivity index is 1.55. The zero-order valence-electron chi connectivity index (χ0n) is 22.2. The van der Waals surface area contributed by atoms with Crippen molar-refractivity contribution in [3.8, 4) is 5.88 Å². The van der Waals surface area contributed by atoms with Crippen molar-refractivity contribution in [1.29, 1.82) is 0 Å². The number of hydrogen-bond donors (Lipinski definition) is 2. The Hall–Kier alpha value is -3.60. The van der Waals surface area contributed by atoms with Gasteiger partial charge < -0.3 is 25.0 Å². The number of ether oxygens (including phenoxy) is 1. The second kappa shape index (κ2) is 11.6. The number of amides is 3. The summed E-state index contributed by atoms with van der Waals surface area (Å²) in [5.74, 6) is -0.361. The molecule has 1 aliphatic heterocycles. The SMILES string of the molecule is C[C@@H]1CN([C@H](C)CO)C(=O)c2cc(C3=CCCC3)cnc2O[C@@H]1CN(C)C(=O)Nc1ccc(C(F)(F)F)cc1. The minimum atomic E-state index is -4.47. The first-order valence-electron chi connectivity index (χ1n) is 12.9. The van der Waals surface area contributed by atoms with E-state index in [9.17, 15) is 27.9 Å². The molecule has 210 valence electrons. The Morgan fingerprint density at radius 3 is 2.64 bits per heavy atom. The number of aliphatic hydroxyl groups is 1. The molecule has 0 spiro atoms. The maximum absolute atomic E-state index is 13.6. The van der Waals surface area contributed by atoms with Crippen LogP contribution in [0.5, 0.6) is 5.88 Å². The lowest BCUT2D eigenvalue weighted by molar-refractivity contribution is -0.137. The monoisotopic (exact) mass is 546 g/mol. The van der Waals surface area contributed by atoms with Crippen molar-refractivity contribution in [1.82, 2.24) is 14.8 Å². The number of likely N-dealkylation sites (N-methyl/N-ethyl adjacent to an activating group) is 1. The van der Waals surface area contributed by atoms with Crippen molar-refractivity contribution in [2.24, 2.45) is 5.92 Å². The van der Waals surface area contributed by atoms with Gasteiger partial charge >= 0.3 is 12.2 Å². The summed E-state index contributed by atoms with van der Waals surface area (Å²) < 4.78 is 44.8. The lowest BCUT2D eigenvalue weighted by Crippen LogP contribution is -2.50. The normalized spacial score (nSPS) is 20.3. The first kappa shape index (κ1) is 28.4. The molecule has 2 aromatic rings. The summed E-state index contributed by atoms with van der Waals surface area (Å²) >= 11 is 0. The number of alkyl halides is 3. The Morgan fingerprint density at radius 2 is 2.03 bits per heavy atom. The highest BCUT2D eigenvalue weighted by atomic mass is 19.4. The number of benzene rings is 1. The number of nitrogens with zero attached hydrogens (tertiary/aromatic N) is 3. The van der Waals surface area contributed by atoms with Gasteiger partial charge in [0.25, 0.3) is 5.91 Å². The molecule has 1 aliphatic carbocycles. The van der Waals surface area contributed by atoms with E-state index < -0.39 is 29.9 Å². The van der Waals surface area contributed by atoms with E-state index in [0.717, 1.165) is 42.5 Å². The second-order valence-corrected chi connectivity index (χ2v) is 10.2. The van der Waals surface area contributed by atoms with E-state index in [0.29, 0.717) is 5.56 Å². The number of halogens is 3. The number of pyridine rings is 1. The van der Waals surface area contributed by atoms with Gasteiger partial charge in [0.05, 0.1) is 24.8 Å². The number of anilines is 1. The summed E-state index contributed by atoms with van der Waals surface area (Å²) in [6.07, 6.45) is 1.74. The van der Waals surface area contributed by atoms with Gasteiger partial charge in [-0.3, -0.25) is 4.79 Å². The third kappa shape index (κ3) is 6.52. The molecule has 0 radical (unpaired) electrons. The molecule has 3 atom stereocenters. The van der Waals surface area contributed by atoms with Crippen molar-refractivity contribution in [3.63, 3.8) is 0 Å². The Bertz CT molecular complexity index is 1230. The predicted octanol–water partition coefficient (Wildman–Crippen LogP) is 5.05. The van der Waals surface area contributed by atoms with Crippen LogP contribution in [0.3, 0.4) is 0 Å². The standard InChI is InChI=1S/C28H33F3N4O4/c1-17-14-35(18(2)16-36)26(37)23-12-20(19-6-4-5-7-19)13-32-25(23)39-24(17)15-34(3)27(38)33-22-10-8-21(9-11-22)28(29,30)31/h6,8-13,17-18,24,36H,4-5,7,14-16H2,1-3H3,(H,33,38)/t17-,18-,24-/m1/s1. The van der Waals surface area contributed by atoms with Crippen molar-refractivity contribution in [3.05, 3.63) is 59.3 Å². The number of aromatic nitrogens is 1. The molecule has 2 heterocycles. The van der Waals surface area contributed by atoms with E-state index in [4.69, 9.17) is 4.74 Å². The first-order valence-corrected chi connectivity index (χ1v) is 12.9. The summed E-state index contributed by atoms with van der Waals surface area (Å²) in [4.78, 5) is 33.9. The zero-order valence-corrected chi connectivity index (χ0v) is 22.2. The van der Waals surface area contributed by atoms with E-state index in [1.807, 2.05) is 6.92 Å². The third-order valence-electron chi connectivity index (χ3n) is 7.20. The number of rotatable bonds is 6. The van der Waals surface area contributed by atoms with Gasteiger partial charge in [0.2, 0.25) is 5.88 Å². The molecule has 3 amide bonds. The van der Waals surface area contributed by atoms with Crippen LogP contribution in [0.25, 0.3) is 5.57 Å². The number of urea groups is 1. The van der Waals surface area contributed by atoms with E-state index in [1.54, 1.807) is 31.1 Å². The highest BCUT2D eigenvalue weighted by Crippen LogP contribution is 2.33. The van der Waals surface area contributed by atoms with Gasteiger partial charge in [0.15, 0.2) is 0 Å². The summed E-state index contributed by atoms with van der Waals surface area (Å²) in [5.41, 5.74) is 1.71. The fraction of sp³-hybridized carbons (Fsp3) is 0.464. The molecule has 0 bridgehead atoms. The summed E-state index contributed by atoms with van der Waals surface area (Å²) in [6.45, 7) is 3.84. The molecule has 1 aromatic carbocycles. The predicted molar refractivity (Wildman–Crippen MR) is 140 cm³/mol. The number of nitrogens with one attached hydrogen (secondary N) is 1. The van der Waals surface area contributed by atoms with Crippen LogP contribution in [-0.2, 0) is 6.18 Å². The van der Waals surface area contributed by atoms with Crippen LogP contribution in [0.15, 0.2) is 42.6 Å². The van der Waals surface area contributed by atoms with Crippen LogP contribution in [-0.4, -0.2) is 70.7 Å². The summed E-state index contributed by atoms with van der Waals surface area (Å²) in [6, 6.07) is 5.01. The molecule has 0 saturated heterocycles. The maximum atomic E-state index is 13.6. The van der Waals surface area contributed by atoms with E-state index >= 15 is 0 Å². The molecule has 2 N–H and O–H groups in total. The number of carbonyl (C=O) groups is 2. The first-order chi connectivity index (χ1) is 18.5. The lowest BCUT2D eigenvalue weighted by Gasteiger charge is -2.37. The number of hydrogen-bond acceptors (Lipinski definition) is 5. The average Bonchev–Trinajstić information content (AvgIpc) is 3.45. The minimum Gasteiger partial charge on any atom is -0.472 e. The molecule has 2 aliphatic rings. The zero-order chi connectivity index (χ0) is 28.3. The lowest BCUT2D eigenvalue weighted by atomic mass is 9.99. The van der Waals surface area contributed by atoms with Gasteiger partial charge in [-0.2, -0.15) is 13.2 Å². The fourth-order valence-electron chi connectivity index (χ4n) is 4.74. The molecule has 8 nitrogen and oxygen atoms in total. The smallest absolute Gasteiger partial charge is 0.416 e. The molecule has 4 rings (SSSR count). The van der Waals surface area contributed by atoms with Crippen LogP contribution in [0, 0.1) is 5.92 Å². The van der Waals surface area contributed by atoms with Gasteiger partial charge in [0.1, 0.15) is 11.7 Å². The number of allylic oxidation sites excluding steroid dienone is 2. The van der Waals surface area contributed by atoms with Gasteiger partial charge in [-0.05, 0) is 67.7 Å². The number of aliphatic hydroxyl groups excluding tert-OH is 1. The Kier molecular flexibility index (Phi) is 8.48. The minimum absolute atomic E-state index is 0.122. The third-order valence-corrected chi connectivity index (χ3v) is 7.20. The van der Waals surface area contributed by atoms with Crippen LogP contribution in [0.4, 0.5) is 23.7 Å². The molecule has 0 unspecified atom stereocenters. The average molecular weight is 547 g/mol. The van der Waals surface area contributed by atoms with Crippen molar-refractivity contribution < 1.29 is 32.6 Å². The van der Waals surface area contributed by atoms with Crippen LogP contribution in [0.1, 0.15) is 54.6 Å². The highest BCUT2D eigenvalue weighted by molar-refractivity contribution is 5.97. The Labute approximate surface area is 225 Å². The molecule has 11 heteroatoms. The topological polar surface area (TPSA) is 95.0 Å². The highest BCUT2D eigenvalue weighted by Gasteiger charge is 2.35. The number of carbonyl (C=O) groups excluding carboxylic acids is 2. The van der Waals surface area contributed by atoms with Crippen LogP contribution in [0.2, 0.25) is 0 Å². The number of fused-ring (bicyclic) bond motifs is 1. The molecule has 39 heavy (non-hydrogen) atoms. The fourth-order valence-corrected chi connectivity index (χ4v) is 4.74. The molecule has 0 saturated carbocycles. The molecular formula is C28H33F3N4O4. The maximum Gasteiger partial charge on any atom is 0.416 e. The van der Waals surface area contributed by atoms with E-state index in [2.05, 4.69) is 16.4 Å². The van der Waals surface area contributed by atoms with Gasteiger partial charge in [-0.15, -0.1) is 0 Å². The molecule has 1 aromatic heterocycles. The van der Waals surface area contributed by atoms with Crippen LogP contribution < -0.4 is 10.1 Å². The Morgan fingerprint density at radius 1 is 1.31 bits per heavy atom. The van der Waals surface area contributed by atoms with Gasteiger partial charge in [-0.1, -0.05) is 13.0 Å². The van der Waals surface area contributed by atoms with Crippen molar-refractivity contribution in [2.75, 3.05) is 32.1 Å². The van der Waals surface area contributed by atoms with Gasteiger partial charge in [0, 0.05) is 31.4 Å².